The van der Waals surface area contributed by atoms with Crippen molar-refractivity contribution in [2.24, 2.45) is 0 Å². The van der Waals surface area contributed by atoms with Crippen LogP contribution in [-0.4, -0.2) is 25.9 Å². The van der Waals surface area contributed by atoms with Crippen LogP contribution >= 0.6 is 0 Å². The van der Waals surface area contributed by atoms with Crippen LogP contribution in [0.4, 0.5) is 0 Å². The lowest BCUT2D eigenvalue weighted by Gasteiger charge is -2.08. The fourth-order valence-electron chi connectivity index (χ4n) is 2.97. The lowest BCUT2D eigenvalue weighted by Crippen LogP contribution is -2.43. The number of aryl methyl sites for hydroxylation is 1. The lowest BCUT2D eigenvalue weighted by molar-refractivity contribution is -0.129. The van der Waals surface area contributed by atoms with Crippen LogP contribution in [0.2, 0.25) is 0 Å². The first-order chi connectivity index (χ1) is 13.6. The van der Waals surface area contributed by atoms with E-state index in [1.165, 1.54) is 4.57 Å². The molecule has 2 N–H and O–H groups in total. The number of amides is 2. The Morgan fingerprint density at radius 1 is 0.964 bits per heavy atom. The summed E-state index contributed by atoms with van der Waals surface area (Å²) < 4.78 is 8.19. The van der Waals surface area contributed by atoms with Crippen molar-refractivity contribution in [3.63, 3.8) is 0 Å². The van der Waals surface area contributed by atoms with Gasteiger partial charge in [0, 0.05) is 13.0 Å². The van der Waals surface area contributed by atoms with Gasteiger partial charge in [-0.15, -0.1) is 0 Å². The smallest absolute Gasteiger partial charge is 0.408 e. The number of carbonyl (C=O) groups is 2. The van der Waals surface area contributed by atoms with Gasteiger partial charge in [-0.2, -0.15) is 0 Å². The van der Waals surface area contributed by atoms with Gasteiger partial charge in [0.2, 0.25) is 5.91 Å². The maximum atomic E-state index is 12.1. The van der Waals surface area contributed by atoms with E-state index in [1.54, 1.807) is 35.2 Å². The summed E-state index contributed by atoms with van der Waals surface area (Å²) in [6.07, 6.45) is 1.58. The molecule has 0 unspecified atom stereocenters. The fraction of sp³-hybridized carbons (Fsp3) is 0.158. The molecule has 9 nitrogen and oxygen atoms in total. The Hall–Kier alpha value is -3.88. The molecule has 0 aliphatic heterocycles. The molecule has 0 saturated heterocycles. The van der Waals surface area contributed by atoms with E-state index in [0.29, 0.717) is 11.1 Å². The largest absolute Gasteiger partial charge is 0.419 e. The molecule has 2 aromatic carbocycles. The second-order valence-corrected chi connectivity index (χ2v) is 6.19. The summed E-state index contributed by atoms with van der Waals surface area (Å²) >= 11 is 0. The quantitative estimate of drug-likeness (QED) is 0.506. The predicted octanol–water partition coefficient (Wildman–Crippen LogP) is 1.18. The normalized spacial score (nSPS) is 11.0. The molecule has 4 rings (SSSR count). The van der Waals surface area contributed by atoms with Crippen LogP contribution in [0, 0.1) is 0 Å². The number of hydrogen-bond donors (Lipinski definition) is 2. The highest BCUT2D eigenvalue weighted by atomic mass is 16.4. The van der Waals surface area contributed by atoms with Crippen molar-refractivity contribution >= 4 is 33.9 Å². The van der Waals surface area contributed by atoms with Crippen molar-refractivity contribution in [3.05, 3.63) is 65.4 Å². The Kier molecular flexibility index (Phi) is 4.63. The third-order valence-corrected chi connectivity index (χ3v) is 4.32. The molecule has 4 aromatic rings. The number of carbonyl (C=O) groups excluding carboxylic acids is 2. The molecule has 0 spiro atoms. The number of nitrogens with one attached hydrogen (secondary N) is 2. The Morgan fingerprint density at radius 2 is 1.68 bits per heavy atom. The SMILES string of the molecule is O=C(CCn1c(=O)oc2ccccc21)NNC(=O)Cn1cnc2ccccc21. The summed E-state index contributed by atoms with van der Waals surface area (Å²) in [5.74, 6) is -1.33. The van der Waals surface area contributed by atoms with Gasteiger partial charge < -0.3 is 8.98 Å². The van der Waals surface area contributed by atoms with Gasteiger partial charge in [-0.05, 0) is 24.3 Å². The van der Waals surface area contributed by atoms with Crippen LogP contribution in [0.15, 0.2) is 64.1 Å². The molecular weight excluding hydrogens is 362 g/mol. The number of rotatable bonds is 5. The highest BCUT2D eigenvalue weighted by Gasteiger charge is 2.11. The zero-order valence-electron chi connectivity index (χ0n) is 14.8. The molecule has 2 heterocycles. The number of oxazole rings is 1. The number of hydrazine groups is 1. The Labute approximate surface area is 158 Å². The predicted molar refractivity (Wildman–Crippen MR) is 101 cm³/mol. The molecule has 2 amide bonds. The molecule has 142 valence electrons. The second kappa shape index (κ2) is 7.39. The molecule has 9 heteroatoms. The van der Waals surface area contributed by atoms with E-state index < -0.39 is 11.7 Å². The number of imidazole rings is 1. The monoisotopic (exact) mass is 379 g/mol. The fourth-order valence-corrected chi connectivity index (χ4v) is 2.97. The summed E-state index contributed by atoms with van der Waals surface area (Å²) in [6, 6.07) is 14.4. The standard InChI is InChI=1S/C19H17N5O4/c25-17(9-10-24-15-7-3-4-8-16(15)28-19(24)27)21-22-18(26)11-23-12-20-13-5-1-2-6-14(13)23/h1-8,12H,9-11H2,(H,21,25)(H,22,26). The van der Waals surface area contributed by atoms with Crippen LogP contribution in [0.1, 0.15) is 6.42 Å². The number of hydrogen-bond acceptors (Lipinski definition) is 5. The zero-order valence-corrected chi connectivity index (χ0v) is 14.8. The van der Waals surface area contributed by atoms with Crippen molar-refractivity contribution in [3.8, 4) is 0 Å². The van der Waals surface area contributed by atoms with Crippen LogP contribution in [0.5, 0.6) is 0 Å². The molecule has 0 fully saturated rings. The van der Waals surface area contributed by atoms with E-state index in [1.807, 2.05) is 24.3 Å². The average molecular weight is 379 g/mol. The van der Waals surface area contributed by atoms with Gasteiger partial charge in [0.1, 0.15) is 6.54 Å². The van der Waals surface area contributed by atoms with Gasteiger partial charge >= 0.3 is 5.76 Å². The van der Waals surface area contributed by atoms with E-state index in [2.05, 4.69) is 15.8 Å². The molecule has 0 radical (unpaired) electrons. The number of para-hydroxylation sites is 4. The second-order valence-electron chi connectivity index (χ2n) is 6.19. The Balaban J connectivity index is 1.31. The number of aromatic nitrogens is 3. The molecule has 0 aliphatic carbocycles. The molecule has 28 heavy (non-hydrogen) atoms. The van der Waals surface area contributed by atoms with Gasteiger partial charge in [-0.25, -0.2) is 9.78 Å². The summed E-state index contributed by atoms with van der Waals surface area (Å²) in [6.45, 7) is 0.163. The zero-order chi connectivity index (χ0) is 19.5. The molecule has 2 aromatic heterocycles. The van der Waals surface area contributed by atoms with E-state index in [4.69, 9.17) is 4.42 Å². The first kappa shape index (κ1) is 17.5. The average Bonchev–Trinajstić information content (AvgIpc) is 3.25. The molecule has 0 atom stereocenters. The Bertz CT molecular complexity index is 1220. The van der Waals surface area contributed by atoms with E-state index in [-0.39, 0.29) is 25.4 Å². The highest BCUT2D eigenvalue weighted by molar-refractivity contribution is 5.83. The van der Waals surface area contributed by atoms with Crippen LogP contribution < -0.4 is 16.6 Å². The van der Waals surface area contributed by atoms with E-state index in [0.717, 1.165) is 11.0 Å². The third kappa shape index (κ3) is 3.50. The Morgan fingerprint density at radius 3 is 2.54 bits per heavy atom. The van der Waals surface area contributed by atoms with Gasteiger partial charge in [-0.1, -0.05) is 24.3 Å². The summed E-state index contributed by atoms with van der Waals surface area (Å²) in [5, 5.41) is 0. The van der Waals surface area contributed by atoms with E-state index in [9.17, 15) is 14.4 Å². The molecule has 0 aliphatic rings. The molecular formula is C19H17N5O4. The first-order valence-corrected chi connectivity index (χ1v) is 8.68. The van der Waals surface area contributed by atoms with Crippen molar-refractivity contribution in [1.29, 1.82) is 0 Å². The maximum Gasteiger partial charge on any atom is 0.419 e. The minimum atomic E-state index is -0.523. The topological polar surface area (TPSA) is 111 Å². The summed E-state index contributed by atoms with van der Waals surface area (Å²) in [7, 11) is 0. The number of fused-ring (bicyclic) bond motifs is 2. The molecule has 0 saturated carbocycles. The molecule has 0 bridgehead atoms. The van der Waals surface area contributed by atoms with Crippen LogP contribution in [0.3, 0.4) is 0 Å². The van der Waals surface area contributed by atoms with Crippen molar-refractivity contribution < 1.29 is 14.0 Å². The van der Waals surface area contributed by atoms with Crippen molar-refractivity contribution in [2.75, 3.05) is 0 Å². The van der Waals surface area contributed by atoms with Gasteiger partial charge in [0.05, 0.1) is 22.9 Å². The minimum absolute atomic E-state index is 0.0116. The minimum Gasteiger partial charge on any atom is -0.408 e. The van der Waals surface area contributed by atoms with E-state index >= 15 is 0 Å². The van der Waals surface area contributed by atoms with Gasteiger partial charge in [0.15, 0.2) is 5.58 Å². The lowest BCUT2D eigenvalue weighted by atomic mass is 10.3. The maximum absolute atomic E-state index is 12.1. The van der Waals surface area contributed by atoms with Gasteiger partial charge in [0.25, 0.3) is 5.91 Å². The third-order valence-electron chi connectivity index (χ3n) is 4.32. The first-order valence-electron chi connectivity index (χ1n) is 8.68. The van der Waals surface area contributed by atoms with Gasteiger partial charge in [-0.3, -0.25) is 25.0 Å². The summed E-state index contributed by atoms with van der Waals surface area (Å²) in [4.78, 5) is 40.2. The van der Waals surface area contributed by atoms with Crippen molar-refractivity contribution in [2.45, 2.75) is 19.5 Å². The van der Waals surface area contributed by atoms with Crippen LogP contribution in [-0.2, 0) is 22.7 Å². The number of nitrogens with zero attached hydrogens (tertiary/aromatic N) is 3. The van der Waals surface area contributed by atoms with Crippen LogP contribution in [0.25, 0.3) is 22.1 Å². The summed E-state index contributed by atoms with van der Waals surface area (Å²) in [5.41, 5.74) is 7.43. The highest BCUT2D eigenvalue weighted by Crippen LogP contribution is 2.12. The number of benzene rings is 2. The van der Waals surface area contributed by atoms with Crippen molar-refractivity contribution in [1.82, 2.24) is 25.0 Å².